The van der Waals surface area contributed by atoms with E-state index in [1.807, 2.05) is 41.1 Å². The van der Waals surface area contributed by atoms with Crippen LogP contribution in [-0.4, -0.2) is 48.5 Å². The number of pyridine rings is 3. The van der Waals surface area contributed by atoms with Gasteiger partial charge in [0, 0.05) is 65.4 Å². The molecule has 174 valence electrons. The highest BCUT2D eigenvalue weighted by Crippen LogP contribution is 2.39. The van der Waals surface area contributed by atoms with Crippen LogP contribution in [-0.2, 0) is 0 Å². The lowest BCUT2D eigenvalue weighted by Gasteiger charge is -2.36. The maximum Gasteiger partial charge on any atom is 0.407 e. The minimum atomic E-state index is -0.892. The average Bonchev–Trinajstić information content (AvgIpc) is 3.14. The highest BCUT2D eigenvalue weighted by Gasteiger charge is 2.32. The van der Waals surface area contributed by atoms with E-state index in [0.29, 0.717) is 34.4 Å². The van der Waals surface area contributed by atoms with Gasteiger partial charge in [-0.1, -0.05) is 35.3 Å². The molecule has 1 saturated heterocycles. The summed E-state index contributed by atoms with van der Waals surface area (Å²) in [5, 5.41) is 11.0. The third-order valence-corrected chi connectivity index (χ3v) is 7.67. The normalized spacial score (nSPS) is 14.0. The molecule has 7 nitrogen and oxygen atoms in total. The maximum atomic E-state index is 11.0. The number of carbonyl (C=O) groups is 1. The number of imidazole rings is 1. The molecule has 1 fully saturated rings. The molecule has 6 rings (SSSR count). The summed E-state index contributed by atoms with van der Waals surface area (Å²) in [6.07, 6.45) is 4.63. The van der Waals surface area contributed by atoms with Crippen LogP contribution in [0.5, 0.6) is 0 Å². The molecule has 1 aliphatic rings. The minimum absolute atomic E-state index is 0.131. The van der Waals surface area contributed by atoms with Gasteiger partial charge in [0.2, 0.25) is 0 Å². The second-order valence-electron chi connectivity index (χ2n) is 8.37. The van der Waals surface area contributed by atoms with Crippen LogP contribution in [0.15, 0.2) is 65.7 Å². The van der Waals surface area contributed by atoms with Crippen LogP contribution in [0, 0.1) is 0 Å². The Morgan fingerprint density at radius 1 is 1.03 bits per heavy atom. The molecule has 10 heteroatoms. The molecule has 0 radical (unpaired) electrons. The number of benzene rings is 1. The largest absolute Gasteiger partial charge is 0.465 e. The van der Waals surface area contributed by atoms with E-state index in [0.717, 1.165) is 38.0 Å². The molecule has 1 aromatic carbocycles. The van der Waals surface area contributed by atoms with Crippen molar-refractivity contribution in [2.24, 2.45) is 0 Å². The van der Waals surface area contributed by atoms with E-state index in [-0.39, 0.29) is 5.92 Å². The number of aromatic nitrogens is 4. The topological polar surface area (TPSA) is 83.6 Å². The van der Waals surface area contributed by atoms with Gasteiger partial charge >= 0.3 is 6.09 Å². The summed E-state index contributed by atoms with van der Waals surface area (Å²) in [4.78, 5) is 26.5. The molecule has 4 aromatic heterocycles. The number of rotatable bonds is 3. The van der Waals surface area contributed by atoms with Crippen LogP contribution in [0.3, 0.4) is 0 Å². The fourth-order valence-corrected chi connectivity index (χ4v) is 5.50. The zero-order valence-corrected chi connectivity index (χ0v) is 21.1. The molecule has 5 heterocycles. The summed E-state index contributed by atoms with van der Waals surface area (Å²) in [6.45, 7) is 0.952. The second-order valence-corrected chi connectivity index (χ2v) is 9.94. The summed E-state index contributed by atoms with van der Waals surface area (Å²) in [5.74, 6) is 0.131. The Morgan fingerprint density at radius 3 is 2.46 bits per heavy atom. The highest BCUT2D eigenvalue weighted by molar-refractivity contribution is 9.10. The van der Waals surface area contributed by atoms with Gasteiger partial charge in [-0.3, -0.25) is 14.4 Å². The lowest BCUT2D eigenvalue weighted by molar-refractivity contribution is 0.104. The van der Waals surface area contributed by atoms with Gasteiger partial charge in [0.25, 0.3) is 0 Å². The van der Waals surface area contributed by atoms with Crippen molar-refractivity contribution < 1.29 is 9.90 Å². The zero-order valence-electron chi connectivity index (χ0n) is 18.0. The van der Waals surface area contributed by atoms with Gasteiger partial charge in [-0.05, 0) is 46.3 Å². The summed E-state index contributed by atoms with van der Waals surface area (Å²) < 4.78 is 2.69. The molecule has 0 spiro atoms. The third-order valence-electron chi connectivity index (χ3n) is 6.28. The Labute approximate surface area is 218 Å². The first-order valence-electron chi connectivity index (χ1n) is 10.8. The van der Waals surface area contributed by atoms with Crippen LogP contribution in [0.2, 0.25) is 10.0 Å². The molecule has 5 aromatic rings. The summed E-state index contributed by atoms with van der Waals surface area (Å²) in [5.41, 5.74) is 5.56. The first-order valence-corrected chi connectivity index (χ1v) is 12.3. The van der Waals surface area contributed by atoms with Gasteiger partial charge < -0.3 is 10.0 Å². The Bertz CT molecular complexity index is 1610. The number of halogens is 3. The maximum absolute atomic E-state index is 11.0. The standard InChI is InChI=1S/C25H16BrCl2N5O2/c26-23-22(21-17(27)2-1-3-18(21)28)31-24-16-8-14(10-30-20(16)6-7-33(23)24)13-4-5-19(29-9-13)15-11-32(12-15)25(34)35/h1-10,15H,11-12H2,(H,34,35). The average molecular weight is 569 g/mol. The van der Waals surface area contributed by atoms with Gasteiger partial charge in [0.15, 0.2) is 0 Å². The lowest BCUT2D eigenvalue weighted by atomic mass is 9.95. The smallest absolute Gasteiger partial charge is 0.407 e. The van der Waals surface area contributed by atoms with E-state index in [1.165, 1.54) is 4.90 Å². The SMILES string of the molecule is O=C(O)N1CC(c2ccc(-c3cnc4ccn5c(Br)c(-c6c(Cl)cccc6Cl)nc5c4c3)cn2)C1. The Morgan fingerprint density at radius 2 is 1.77 bits per heavy atom. The number of likely N-dealkylation sites (tertiary alicyclic amines) is 1. The molecule has 1 amide bonds. The van der Waals surface area contributed by atoms with Crippen molar-refractivity contribution in [2.45, 2.75) is 5.92 Å². The molecule has 0 atom stereocenters. The Kier molecular flexibility index (Phi) is 5.40. The van der Waals surface area contributed by atoms with Crippen LogP contribution in [0.25, 0.3) is 38.9 Å². The fraction of sp³-hybridized carbons (Fsp3) is 0.120. The van der Waals surface area contributed by atoms with E-state index < -0.39 is 6.09 Å². The number of nitrogens with zero attached hydrogens (tertiary/aromatic N) is 5. The predicted octanol–water partition coefficient (Wildman–Crippen LogP) is 6.76. The van der Waals surface area contributed by atoms with E-state index in [4.69, 9.17) is 33.3 Å². The van der Waals surface area contributed by atoms with E-state index in [9.17, 15) is 4.79 Å². The van der Waals surface area contributed by atoms with Gasteiger partial charge in [0.05, 0.1) is 15.6 Å². The van der Waals surface area contributed by atoms with Crippen molar-refractivity contribution in [3.63, 3.8) is 0 Å². The van der Waals surface area contributed by atoms with Crippen molar-refractivity contribution in [1.82, 2.24) is 24.3 Å². The van der Waals surface area contributed by atoms with Crippen molar-refractivity contribution in [3.05, 3.63) is 81.4 Å². The number of hydrogen-bond acceptors (Lipinski definition) is 4. The van der Waals surface area contributed by atoms with Crippen molar-refractivity contribution in [2.75, 3.05) is 13.1 Å². The highest BCUT2D eigenvalue weighted by atomic mass is 79.9. The van der Waals surface area contributed by atoms with Crippen LogP contribution in [0.1, 0.15) is 11.6 Å². The summed E-state index contributed by atoms with van der Waals surface area (Å²) in [6, 6.07) is 13.3. The fourth-order valence-electron chi connectivity index (χ4n) is 4.35. The van der Waals surface area contributed by atoms with Crippen molar-refractivity contribution in [3.8, 4) is 22.4 Å². The van der Waals surface area contributed by atoms with Crippen molar-refractivity contribution in [1.29, 1.82) is 0 Å². The monoisotopic (exact) mass is 567 g/mol. The molecule has 0 unspecified atom stereocenters. The number of hydrogen-bond donors (Lipinski definition) is 1. The predicted molar refractivity (Wildman–Crippen MR) is 139 cm³/mol. The van der Waals surface area contributed by atoms with Gasteiger partial charge in [-0.25, -0.2) is 9.78 Å². The van der Waals surface area contributed by atoms with Gasteiger partial charge in [-0.15, -0.1) is 0 Å². The molecule has 1 aliphatic heterocycles. The summed E-state index contributed by atoms with van der Waals surface area (Å²) >= 11 is 16.6. The molecule has 35 heavy (non-hydrogen) atoms. The van der Waals surface area contributed by atoms with Crippen LogP contribution in [0.4, 0.5) is 4.79 Å². The number of amides is 1. The van der Waals surface area contributed by atoms with Gasteiger partial charge in [0.1, 0.15) is 15.9 Å². The first-order chi connectivity index (χ1) is 16.9. The summed E-state index contributed by atoms with van der Waals surface area (Å²) in [7, 11) is 0. The van der Waals surface area contributed by atoms with E-state index in [2.05, 4.69) is 25.9 Å². The quantitative estimate of drug-likeness (QED) is 0.260. The molecule has 1 N–H and O–H groups in total. The molecular formula is C25H16BrCl2N5O2. The second kappa shape index (κ2) is 8.48. The molecule has 0 bridgehead atoms. The van der Waals surface area contributed by atoms with E-state index >= 15 is 0 Å². The Balaban J connectivity index is 1.40. The number of fused-ring (bicyclic) bond motifs is 3. The molecule has 0 saturated carbocycles. The third kappa shape index (κ3) is 3.73. The van der Waals surface area contributed by atoms with Crippen molar-refractivity contribution >= 4 is 61.8 Å². The molecular weight excluding hydrogens is 553 g/mol. The zero-order chi connectivity index (χ0) is 24.3. The van der Waals surface area contributed by atoms with Gasteiger partial charge in [-0.2, -0.15) is 0 Å². The first kappa shape index (κ1) is 22.3. The van der Waals surface area contributed by atoms with Crippen LogP contribution < -0.4 is 0 Å². The van der Waals surface area contributed by atoms with Crippen LogP contribution >= 0.6 is 39.1 Å². The number of carboxylic acid groups (broad SMARTS) is 1. The van der Waals surface area contributed by atoms with E-state index in [1.54, 1.807) is 24.4 Å². The lowest BCUT2D eigenvalue weighted by Crippen LogP contribution is -2.48. The minimum Gasteiger partial charge on any atom is -0.465 e. The Hall–Kier alpha value is -3.20. The molecule has 0 aliphatic carbocycles.